The Morgan fingerprint density at radius 2 is 1.53 bits per heavy atom. The van der Waals surface area contributed by atoms with Crippen molar-refractivity contribution in [3.63, 3.8) is 0 Å². The molecule has 0 aromatic rings. The molecule has 0 amide bonds. The highest BCUT2D eigenvalue weighted by atomic mass is 16.5. The molecule has 0 unspecified atom stereocenters. The van der Waals surface area contributed by atoms with Crippen LogP contribution in [-0.2, 0) is 11.3 Å². The number of fused-ring (bicyclic) bond motifs is 2. The summed E-state index contributed by atoms with van der Waals surface area (Å²) < 4.78 is 6.62. The molecular weight excluding hydrogens is 410 g/mol. The van der Waals surface area contributed by atoms with Crippen LogP contribution in [0.25, 0.3) is 11.4 Å². The summed E-state index contributed by atoms with van der Waals surface area (Å²) in [5, 5.41) is 0. The summed E-state index contributed by atoms with van der Waals surface area (Å²) in [6, 6.07) is 1.34. The maximum Gasteiger partial charge on any atom is 0.349 e. The fourth-order valence-corrected chi connectivity index (χ4v) is 4.19. The molecule has 2 aliphatic heterocycles. The second kappa shape index (κ2) is 11.0. The minimum atomic E-state index is -0.781. The van der Waals surface area contributed by atoms with E-state index in [4.69, 9.17) is 4.74 Å². The number of ketones is 2. The number of methoxy groups -OCH3 is 1. The summed E-state index contributed by atoms with van der Waals surface area (Å²) in [5.41, 5.74) is -1.04. The van der Waals surface area contributed by atoms with Gasteiger partial charge in [0.2, 0.25) is 5.78 Å². The number of pyridine rings is 1. The van der Waals surface area contributed by atoms with Crippen LogP contribution in [0, 0.1) is 0 Å². The molecular formula is C24H31N3O5. The molecule has 0 aromatic heterocycles. The van der Waals surface area contributed by atoms with Crippen LogP contribution in [0.1, 0.15) is 92.0 Å². The number of carbonyl (C=O) groups excluding carboxylic acids is 2. The summed E-state index contributed by atoms with van der Waals surface area (Å²) in [5.74, 6) is -0.816. The van der Waals surface area contributed by atoms with Gasteiger partial charge in [-0.2, -0.15) is 4.98 Å². The number of ether oxygens (including phenoxy) is 1. The molecule has 1 N–H and O–H groups in total. The van der Waals surface area contributed by atoms with Crippen LogP contribution in [0.5, 0.6) is 0 Å². The monoisotopic (exact) mass is 441 g/mol. The zero-order chi connectivity index (χ0) is 23.1. The number of nitrogens with zero attached hydrogens (tertiary/aromatic N) is 2. The van der Waals surface area contributed by atoms with E-state index in [0.29, 0.717) is 6.54 Å². The van der Waals surface area contributed by atoms with E-state index in [2.05, 4.69) is 16.9 Å². The van der Waals surface area contributed by atoms with Crippen molar-refractivity contribution in [2.45, 2.75) is 77.7 Å². The number of H-pyrrole nitrogens is 1. The van der Waals surface area contributed by atoms with Gasteiger partial charge in [0.05, 0.1) is 18.2 Å². The van der Waals surface area contributed by atoms with E-state index in [0.717, 1.165) is 31.8 Å². The number of hydrogen-bond donors (Lipinski definition) is 1. The van der Waals surface area contributed by atoms with Crippen LogP contribution < -0.4 is 11.2 Å². The average Bonchev–Trinajstić information content (AvgIpc) is 2.77. The second-order valence-corrected chi connectivity index (χ2v) is 8.25. The summed E-state index contributed by atoms with van der Waals surface area (Å²) in [6.45, 7) is 2.59. The number of allylic oxidation sites excluding steroid dienone is 2. The molecule has 0 saturated heterocycles. The van der Waals surface area contributed by atoms with Gasteiger partial charge in [-0.1, -0.05) is 64.7 Å². The van der Waals surface area contributed by atoms with Gasteiger partial charge >= 0.3 is 5.69 Å². The van der Waals surface area contributed by atoms with Crippen molar-refractivity contribution in [2.75, 3.05) is 7.11 Å². The first-order valence-electron chi connectivity index (χ1n) is 11.5. The number of aromatic amines is 1. The lowest BCUT2D eigenvalue weighted by molar-refractivity contribution is 0.0906. The van der Waals surface area contributed by atoms with Crippen molar-refractivity contribution in [1.82, 2.24) is 14.5 Å². The molecule has 0 spiro atoms. The van der Waals surface area contributed by atoms with Gasteiger partial charge in [-0.25, -0.2) is 4.79 Å². The molecule has 3 aliphatic rings. The molecule has 0 bridgehead atoms. The van der Waals surface area contributed by atoms with E-state index in [1.807, 2.05) is 0 Å². The van der Waals surface area contributed by atoms with Gasteiger partial charge in [0.25, 0.3) is 5.56 Å². The molecule has 0 aromatic carbocycles. The summed E-state index contributed by atoms with van der Waals surface area (Å²) in [4.78, 5) is 55.8. The molecule has 8 nitrogen and oxygen atoms in total. The molecule has 0 atom stereocenters. The van der Waals surface area contributed by atoms with Crippen LogP contribution in [0.4, 0.5) is 0 Å². The van der Waals surface area contributed by atoms with Crippen LogP contribution in [0.3, 0.4) is 0 Å². The molecule has 172 valence electrons. The Bertz CT molecular complexity index is 1100. The minimum Gasteiger partial charge on any atom is -0.492 e. The van der Waals surface area contributed by atoms with Crippen molar-refractivity contribution in [3.05, 3.63) is 50.0 Å². The van der Waals surface area contributed by atoms with Gasteiger partial charge in [0.1, 0.15) is 5.69 Å². The number of hydrogen-bond acceptors (Lipinski definition) is 6. The topological polar surface area (TPSA) is 111 Å². The molecule has 0 fully saturated rings. The SMILES string of the molecule is CCCCCCCCCCCCn1c2nc(=O)[nH]c(=O)c-2cc2c1C(=O)C(OC)=CC2=O. The molecule has 0 saturated carbocycles. The van der Waals surface area contributed by atoms with Crippen molar-refractivity contribution < 1.29 is 14.3 Å². The molecule has 2 heterocycles. The Labute approximate surface area is 187 Å². The van der Waals surface area contributed by atoms with E-state index in [9.17, 15) is 19.2 Å². The smallest absolute Gasteiger partial charge is 0.349 e. The first-order valence-corrected chi connectivity index (χ1v) is 11.5. The van der Waals surface area contributed by atoms with Gasteiger partial charge < -0.3 is 9.30 Å². The van der Waals surface area contributed by atoms with Gasteiger partial charge in [0.15, 0.2) is 17.4 Å². The lowest BCUT2D eigenvalue weighted by Crippen LogP contribution is -2.32. The van der Waals surface area contributed by atoms with Gasteiger partial charge in [-0.3, -0.25) is 19.4 Å². The van der Waals surface area contributed by atoms with E-state index < -0.39 is 22.8 Å². The standard InChI is InChI=1S/C24H31N3O5/c1-3-4-5-6-7-8-9-10-11-12-13-27-20-16(18(28)15-19(32-2)21(20)29)14-17-22(27)25-24(31)26-23(17)30/h14-15H,3-13H2,1-2H3,(H,26,30,31). The summed E-state index contributed by atoms with van der Waals surface area (Å²) in [6.07, 6.45) is 12.6. The summed E-state index contributed by atoms with van der Waals surface area (Å²) in [7, 11) is 1.33. The third-order valence-corrected chi connectivity index (χ3v) is 5.90. The van der Waals surface area contributed by atoms with Crippen LogP contribution in [-0.4, -0.2) is 33.2 Å². The summed E-state index contributed by atoms with van der Waals surface area (Å²) >= 11 is 0. The van der Waals surface area contributed by atoms with Crippen LogP contribution in [0.15, 0.2) is 27.5 Å². The Balaban J connectivity index is 1.77. The maximum atomic E-state index is 13.0. The molecule has 32 heavy (non-hydrogen) atoms. The normalized spacial score (nSPS) is 13.4. The lowest BCUT2D eigenvalue weighted by Gasteiger charge is -2.23. The fourth-order valence-electron chi connectivity index (χ4n) is 4.19. The van der Waals surface area contributed by atoms with Crippen LogP contribution in [0.2, 0.25) is 0 Å². The van der Waals surface area contributed by atoms with E-state index in [1.165, 1.54) is 56.3 Å². The number of Topliss-reactive ketones (excluding diaryl/α,β-unsaturated/α-hetero) is 1. The minimum absolute atomic E-state index is 0.0640. The number of unbranched alkanes of at least 4 members (excludes halogenated alkanes) is 9. The first-order chi connectivity index (χ1) is 15.5. The zero-order valence-electron chi connectivity index (χ0n) is 18.9. The van der Waals surface area contributed by atoms with Crippen molar-refractivity contribution in [3.8, 4) is 11.4 Å². The Kier molecular flexibility index (Phi) is 8.14. The quantitative estimate of drug-likeness (QED) is 0.501. The first kappa shape index (κ1) is 23.6. The molecule has 3 rings (SSSR count). The Morgan fingerprint density at radius 1 is 0.906 bits per heavy atom. The molecule has 0 radical (unpaired) electrons. The number of aromatic nitrogens is 3. The van der Waals surface area contributed by atoms with E-state index in [1.54, 1.807) is 0 Å². The van der Waals surface area contributed by atoms with E-state index >= 15 is 0 Å². The van der Waals surface area contributed by atoms with Crippen molar-refractivity contribution in [1.29, 1.82) is 0 Å². The third kappa shape index (κ3) is 5.23. The Morgan fingerprint density at radius 3 is 2.16 bits per heavy atom. The van der Waals surface area contributed by atoms with Crippen LogP contribution >= 0.6 is 0 Å². The number of rotatable bonds is 12. The number of nitrogens with one attached hydrogen (secondary N) is 1. The highest BCUT2D eigenvalue weighted by Gasteiger charge is 2.32. The third-order valence-electron chi connectivity index (χ3n) is 5.90. The maximum absolute atomic E-state index is 13.0. The lowest BCUT2D eigenvalue weighted by atomic mass is 9.95. The van der Waals surface area contributed by atoms with E-state index in [-0.39, 0.29) is 28.4 Å². The second-order valence-electron chi connectivity index (χ2n) is 8.25. The molecule has 1 aliphatic carbocycles. The average molecular weight is 442 g/mol. The zero-order valence-corrected chi connectivity index (χ0v) is 18.9. The largest absolute Gasteiger partial charge is 0.492 e. The van der Waals surface area contributed by atoms with Gasteiger partial charge in [-0.15, -0.1) is 0 Å². The highest BCUT2D eigenvalue weighted by Crippen LogP contribution is 2.28. The van der Waals surface area contributed by atoms with Crippen molar-refractivity contribution >= 4 is 11.6 Å². The highest BCUT2D eigenvalue weighted by molar-refractivity contribution is 6.23. The van der Waals surface area contributed by atoms with Crippen molar-refractivity contribution in [2.24, 2.45) is 0 Å². The van der Waals surface area contributed by atoms with Gasteiger partial charge in [-0.05, 0) is 12.5 Å². The van der Waals surface area contributed by atoms with Gasteiger partial charge in [0, 0.05) is 12.6 Å². The molecule has 8 heteroatoms. The Hall–Kier alpha value is -3.03. The predicted molar refractivity (Wildman–Crippen MR) is 121 cm³/mol. The fraction of sp³-hybridized carbons (Fsp3) is 0.542. The predicted octanol–water partition coefficient (Wildman–Crippen LogP) is 3.87. The number of carbonyl (C=O) groups is 2.